The zero-order chi connectivity index (χ0) is 13.0. The van der Waals surface area contributed by atoms with Crippen molar-refractivity contribution in [2.24, 2.45) is 0 Å². The number of hydrogen-bond acceptors (Lipinski definition) is 4. The largest absolute Gasteiger partial charge is 0.368 e. The molecule has 0 radical (unpaired) electrons. The SMILES string of the molecule is CCc1nc(Cl)cc(NCC2CCCCN2C)n1. The molecule has 0 aliphatic carbocycles. The average molecular weight is 269 g/mol. The van der Waals surface area contributed by atoms with E-state index in [1.807, 2.05) is 6.92 Å². The van der Waals surface area contributed by atoms with E-state index in [1.54, 1.807) is 6.07 Å². The van der Waals surface area contributed by atoms with Crippen molar-refractivity contribution in [3.63, 3.8) is 0 Å². The Bertz CT molecular complexity index is 397. The number of rotatable bonds is 4. The summed E-state index contributed by atoms with van der Waals surface area (Å²) in [6.45, 7) is 4.15. The first-order valence-electron chi connectivity index (χ1n) is 6.66. The Hall–Kier alpha value is -0.870. The highest BCUT2D eigenvalue weighted by atomic mass is 35.5. The van der Waals surface area contributed by atoms with Gasteiger partial charge in [-0.05, 0) is 26.4 Å². The molecule has 1 aliphatic heterocycles. The van der Waals surface area contributed by atoms with Gasteiger partial charge in [-0.15, -0.1) is 0 Å². The number of hydrogen-bond donors (Lipinski definition) is 1. The van der Waals surface area contributed by atoms with E-state index in [0.717, 1.165) is 24.6 Å². The Kier molecular flexibility index (Phi) is 4.78. The van der Waals surface area contributed by atoms with Gasteiger partial charge in [-0.1, -0.05) is 24.9 Å². The van der Waals surface area contributed by atoms with Gasteiger partial charge >= 0.3 is 0 Å². The number of nitrogens with zero attached hydrogens (tertiary/aromatic N) is 3. The van der Waals surface area contributed by atoms with Crippen molar-refractivity contribution in [2.45, 2.75) is 38.6 Å². The Morgan fingerprint density at radius 2 is 2.28 bits per heavy atom. The summed E-state index contributed by atoms with van der Waals surface area (Å²) in [6, 6.07) is 2.39. The molecule has 1 N–H and O–H groups in total. The van der Waals surface area contributed by atoms with Gasteiger partial charge in [0.1, 0.15) is 16.8 Å². The van der Waals surface area contributed by atoms with E-state index in [2.05, 4.69) is 27.2 Å². The maximum absolute atomic E-state index is 5.98. The second-order valence-corrected chi connectivity index (χ2v) is 5.24. The molecule has 1 aliphatic rings. The van der Waals surface area contributed by atoms with E-state index < -0.39 is 0 Å². The lowest BCUT2D eigenvalue weighted by molar-refractivity contribution is 0.194. The van der Waals surface area contributed by atoms with Crippen LogP contribution in [0.25, 0.3) is 0 Å². The Morgan fingerprint density at radius 1 is 1.44 bits per heavy atom. The molecule has 0 saturated carbocycles. The molecule has 0 spiro atoms. The fourth-order valence-corrected chi connectivity index (χ4v) is 2.54. The van der Waals surface area contributed by atoms with Crippen LogP contribution in [-0.2, 0) is 6.42 Å². The molecule has 1 saturated heterocycles. The number of halogens is 1. The summed E-state index contributed by atoms with van der Waals surface area (Å²) in [4.78, 5) is 11.0. The summed E-state index contributed by atoms with van der Waals surface area (Å²) in [6.07, 6.45) is 4.69. The normalized spacial score (nSPS) is 20.9. The first-order valence-corrected chi connectivity index (χ1v) is 7.04. The molecule has 1 fully saturated rings. The smallest absolute Gasteiger partial charge is 0.134 e. The van der Waals surface area contributed by atoms with Gasteiger partial charge in [0.2, 0.25) is 0 Å². The molecular weight excluding hydrogens is 248 g/mol. The van der Waals surface area contributed by atoms with Crippen molar-refractivity contribution in [3.8, 4) is 0 Å². The van der Waals surface area contributed by atoms with Crippen molar-refractivity contribution >= 4 is 17.4 Å². The van der Waals surface area contributed by atoms with E-state index >= 15 is 0 Å². The van der Waals surface area contributed by atoms with Gasteiger partial charge in [0.25, 0.3) is 0 Å². The maximum Gasteiger partial charge on any atom is 0.134 e. The van der Waals surface area contributed by atoms with Crippen LogP contribution in [-0.4, -0.2) is 41.0 Å². The number of likely N-dealkylation sites (tertiary alicyclic amines) is 1. The molecule has 2 heterocycles. The van der Waals surface area contributed by atoms with Crippen LogP contribution >= 0.6 is 11.6 Å². The molecule has 1 aromatic rings. The number of nitrogens with one attached hydrogen (secondary N) is 1. The number of anilines is 1. The van der Waals surface area contributed by atoms with Gasteiger partial charge in [-0.25, -0.2) is 9.97 Å². The highest BCUT2D eigenvalue weighted by Crippen LogP contribution is 2.17. The fraction of sp³-hybridized carbons (Fsp3) is 0.692. The highest BCUT2D eigenvalue weighted by molar-refractivity contribution is 6.29. The lowest BCUT2D eigenvalue weighted by Crippen LogP contribution is -2.40. The molecule has 0 bridgehead atoms. The second-order valence-electron chi connectivity index (χ2n) is 4.86. The molecule has 0 amide bonds. The van der Waals surface area contributed by atoms with E-state index in [1.165, 1.54) is 25.8 Å². The Balaban J connectivity index is 1.94. The number of aromatic nitrogens is 2. The van der Waals surface area contributed by atoms with E-state index in [9.17, 15) is 0 Å². The minimum absolute atomic E-state index is 0.515. The van der Waals surface area contributed by atoms with Crippen LogP contribution in [0.15, 0.2) is 6.07 Å². The van der Waals surface area contributed by atoms with Gasteiger partial charge in [-0.3, -0.25) is 0 Å². The molecule has 5 heteroatoms. The van der Waals surface area contributed by atoms with Crippen molar-refractivity contribution in [1.29, 1.82) is 0 Å². The summed E-state index contributed by atoms with van der Waals surface area (Å²) in [5.41, 5.74) is 0. The number of likely N-dealkylation sites (N-methyl/N-ethyl adjacent to an activating group) is 1. The summed E-state index contributed by atoms with van der Waals surface area (Å²) in [5, 5.41) is 3.90. The second kappa shape index (κ2) is 6.34. The van der Waals surface area contributed by atoms with Crippen molar-refractivity contribution in [2.75, 3.05) is 25.5 Å². The van der Waals surface area contributed by atoms with Crippen molar-refractivity contribution < 1.29 is 0 Å². The topological polar surface area (TPSA) is 41.1 Å². The zero-order valence-corrected chi connectivity index (χ0v) is 11.9. The van der Waals surface area contributed by atoms with Gasteiger partial charge in [0.05, 0.1) is 0 Å². The van der Waals surface area contributed by atoms with Crippen LogP contribution in [0.3, 0.4) is 0 Å². The van der Waals surface area contributed by atoms with Crippen LogP contribution in [0, 0.1) is 0 Å². The van der Waals surface area contributed by atoms with Crippen LogP contribution < -0.4 is 5.32 Å². The third kappa shape index (κ3) is 3.56. The minimum atomic E-state index is 0.515. The lowest BCUT2D eigenvalue weighted by atomic mass is 10.0. The summed E-state index contributed by atoms with van der Waals surface area (Å²) < 4.78 is 0. The standard InChI is InChI=1S/C13H21ClN4/c1-3-12-16-11(14)8-13(17-12)15-9-10-6-4-5-7-18(10)2/h8,10H,3-7,9H2,1-2H3,(H,15,16,17). The van der Waals surface area contributed by atoms with E-state index in [-0.39, 0.29) is 0 Å². The van der Waals surface area contributed by atoms with Crippen LogP contribution in [0.5, 0.6) is 0 Å². The summed E-state index contributed by atoms with van der Waals surface area (Å²) >= 11 is 5.98. The molecule has 18 heavy (non-hydrogen) atoms. The number of piperidine rings is 1. The fourth-order valence-electron chi connectivity index (χ4n) is 2.34. The van der Waals surface area contributed by atoms with E-state index in [4.69, 9.17) is 11.6 Å². The third-order valence-electron chi connectivity index (χ3n) is 3.50. The Labute approximate surface area is 114 Å². The lowest BCUT2D eigenvalue weighted by Gasteiger charge is -2.32. The number of aryl methyl sites for hydroxylation is 1. The third-order valence-corrected chi connectivity index (χ3v) is 3.69. The van der Waals surface area contributed by atoms with Gasteiger partial charge in [-0.2, -0.15) is 0 Å². The van der Waals surface area contributed by atoms with Crippen molar-refractivity contribution in [1.82, 2.24) is 14.9 Å². The van der Waals surface area contributed by atoms with Crippen LogP contribution in [0.2, 0.25) is 5.15 Å². The maximum atomic E-state index is 5.98. The molecule has 0 aromatic carbocycles. The van der Waals surface area contributed by atoms with Gasteiger partial charge in [0.15, 0.2) is 0 Å². The molecular formula is C13H21ClN4. The zero-order valence-electron chi connectivity index (χ0n) is 11.1. The quantitative estimate of drug-likeness (QED) is 0.853. The predicted molar refractivity (Wildman–Crippen MR) is 75.2 cm³/mol. The average Bonchev–Trinajstić information content (AvgIpc) is 2.37. The molecule has 1 atom stereocenters. The van der Waals surface area contributed by atoms with E-state index in [0.29, 0.717) is 11.2 Å². The first kappa shape index (κ1) is 13.6. The minimum Gasteiger partial charge on any atom is -0.368 e. The van der Waals surface area contributed by atoms with Crippen molar-refractivity contribution in [3.05, 3.63) is 17.0 Å². The molecule has 2 rings (SSSR count). The van der Waals surface area contributed by atoms with Gasteiger partial charge in [0, 0.05) is 25.1 Å². The molecule has 1 aromatic heterocycles. The molecule has 100 valence electrons. The van der Waals surface area contributed by atoms with Gasteiger partial charge < -0.3 is 10.2 Å². The molecule has 4 nitrogen and oxygen atoms in total. The summed E-state index contributed by atoms with van der Waals surface area (Å²) in [7, 11) is 2.19. The summed E-state index contributed by atoms with van der Waals surface area (Å²) in [5.74, 6) is 1.63. The van der Waals surface area contributed by atoms with Crippen LogP contribution in [0.4, 0.5) is 5.82 Å². The monoisotopic (exact) mass is 268 g/mol. The van der Waals surface area contributed by atoms with Crippen LogP contribution in [0.1, 0.15) is 32.0 Å². The Morgan fingerprint density at radius 3 is 3.00 bits per heavy atom. The highest BCUT2D eigenvalue weighted by Gasteiger charge is 2.18. The predicted octanol–water partition coefficient (Wildman–Crippen LogP) is 2.59. The molecule has 1 unspecified atom stereocenters. The first-order chi connectivity index (χ1) is 8.69.